The topological polar surface area (TPSA) is 29.3 Å². The van der Waals surface area contributed by atoms with E-state index < -0.39 is 0 Å². The summed E-state index contributed by atoms with van der Waals surface area (Å²) in [6, 6.07) is 7.19. The van der Waals surface area contributed by atoms with E-state index in [0.29, 0.717) is 0 Å². The zero-order chi connectivity index (χ0) is 12.5. The lowest BCUT2D eigenvalue weighted by Gasteiger charge is -2.28. The normalized spacial score (nSPS) is 27.6. The van der Waals surface area contributed by atoms with E-state index in [4.69, 9.17) is 5.73 Å². The summed E-state index contributed by atoms with van der Waals surface area (Å²) < 4.78 is 0. The molecule has 1 saturated carbocycles. The Balaban J connectivity index is 1.73. The molecule has 2 nitrogen and oxygen atoms in total. The molecular formula is C15H22N2S. The molecule has 2 aliphatic rings. The quantitative estimate of drug-likeness (QED) is 0.848. The van der Waals surface area contributed by atoms with Crippen LogP contribution in [0.2, 0.25) is 0 Å². The van der Waals surface area contributed by atoms with Crippen LogP contribution < -0.4 is 5.73 Å². The van der Waals surface area contributed by atoms with Gasteiger partial charge in [0.2, 0.25) is 0 Å². The molecule has 3 heteroatoms. The average molecular weight is 262 g/mol. The highest BCUT2D eigenvalue weighted by Gasteiger charge is 2.34. The molecule has 1 aliphatic heterocycles. The first-order valence-electron chi connectivity index (χ1n) is 7.01. The molecule has 0 saturated heterocycles. The van der Waals surface area contributed by atoms with E-state index in [9.17, 15) is 0 Å². The summed E-state index contributed by atoms with van der Waals surface area (Å²) in [4.78, 5) is 2.67. The number of hydrogen-bond donors (Lipinski definition) is 1. The van der Waals surface area contributed by atoms with Crippen LogP contribution in [0.3, 0.4) is 0 Å². The Kier molecular flexibility index (Phi) is 3.53. The summed E-state index contributed by atoms with van der Waals surface area (Å²) >= 11 is 2.15. The lowest BCUT2D eigenvalue weighted by Crippen LogP contribution is -2.35. The zero-order valence-corrected chi connectivity index (χ0v) is 11.9. The second-order valence-corrected chi connectivity index (χ2v) is 6.94. The summed E-state index contributed by atoms with van der Waals surface area (Å²) in [7, 11) is 0. The number of hydrogen-bond acceptors (Lipinski definition) is 3. The van der Waals surface area contributed by atoms with Crippen LogP contribution in [0.5, 0.6) is 0 Å². The third-order valence-electron chi connectivity index (χ3n) is 4.24. The van der Waals surface area contributed by atoms with E-state index in [-0.39, 0.29) is 0 Å². The fraction of sp³-hybridized carbons (Fsp3) is 0.600. The molecule has 1 fully saturated rings. The largest absolute Gasteiger partial charge is 0.399 e. The molecule has 0 amide bonds. The molecule has 1 aromatic rings. The van der Waals surface area contributed by atoms with Gasteiger partial charge in [0, 0.05) is 30.1 Å². The minimum Gasteiger partial charge on any atom is -0.399 e. The minimum atomic E-state index is 0.781. The van der Waals surface area contributed by atoms with Gasteiger partial charge in [-0.1, -0.05) is 19.4 Å². The predicted molar refractivity (Wildman–Crippen MR) is 79.7 cm³/mol. The van der Waals surface area contributed by atoms with Crippen molar-refractivity contribution in [2.45, 2.75) is 50.6 Å². The highest BCUT2D eigenvalue weighted by Crippen LogP contribution is 2.37. The minimum absolute atomic E-state index is 0.781. The van der Waals surface area contributed by atoms with Crippen molar-refractivity contribution < 1.29 is 0 Å². The fourth-order valence-electron chi connectivity index (χ4n) is 3.41. The molecule has 3 rings (SSSR count). The summed E-state index contributed by atoms with van der Waals surface area (Å²) in [5.74, 6) is 1.24. The number of thioether (sulfide) groups is 1. The van der Waals surface area contributed by atoms with Gasteiger partial charge in [-0.3, -0.25) is 4.90 Å². The first-order valence-corrected chi connectivity index (χ1v) is 8.05. The van der Waals surface area contributed by atoms with Gasteiger partial charge in [0.05, 0.1) is 0 Å². The summed E-state index contributed by atoms with van der Waals surface area (Å²) in [5, 5.41) is 0.849. The van der Waals surface area contributed by atoms with E-state index in [1.807, 2.05) is 6.07 Å². The number of fused-ring (bicyclic) bond motifs is 1. The third kappa shape index (κ3) is 2.26. The highest BCUT2D eigenvalue weighted by molar-refractivity contribution is 7.99. The molecule has 98 valence electrons. The zero-order valence-electron chi connectivity index (χ0n) is 11.1. The van der Waals surface area contributed by atoms with Crippen LogP contribution in [0.15, 0.2) is 18.2 Å². The van der Waals surface area contributed by atoms with Crippen LogP contribution in [0.1, 0.15) is 37.3 Å². The average Bonchev–Trinajstić information content (AvgIpc) is 2.94. The second kappa shape index (κ2) is 5.14. The molecule has 0 spiro atoms. The van der Waals surface area contributed by atoms with E-state index in [1.54, 1.807) is 0 Å². The van der Waals surface area contributed by atoms with Crippen molar-refractivity contribution in [2.24, 2.45) is 0 Å². The Labute approximate surface area is 114 Å². The van der Waals surface area contributed by atoms with Gasteiger partial charge in [0.15, 0.2) is 0 Å². The molecule has 1 aliphatic carbocycles. The number of nitrogens with two attached hydrogens (primary N) is 1. The lowest BCUT2D eigenvalue weighted by atomic mass is 10.1. The standard InChI is InChI=1S/C15H22N2S/c1-2-18-15-5-3-4-14(15)17-9-11-6-7-13(16)8-12(11)10-17/h6-8,14-15H,2-5,9-10,16H2,1H3. The maximum Gasteiger partial charge on any atom is 0.0317 e. The van der Waals surface area contributed by atoms with E-state index in [0.717, 1.165) is 30.1 Å². The molecule has 0 aromatic heterocycles. The first kappa shape index (κ1) is 12.4. The molecule has 0 radical (unpaired) electrons. The summed E-state index contributed by atoms with van der Waals surface area (Å²) in [6.45, 7) is 4.51. The highest BCUT2D eigenvalue weighted by atomic mass is 32.2. The lowest BCUT2D eigenvalue weighted by molar-refractivity contribution is 0.206. The van der Waals surface area contributed by atoms with Gasteiger partial charge in [0.25, 0.3) is 0 Å². The number of anilines is 1. The van der Waals surface area contributed by atoms with Crippen LogP contribution in [0.4, 0.5) is 5.69 Å². The van der Waals surface area contributed by atoms with Gasteiger partial charge in [-0.05, 0) is 41.9 Å². The summed E-state index contributed by atoms with van der Waals surface area (Å²) in [5.41, 5.74) is 9.72. The maximum atomic E-state index is 5.88. The van der Waals surface area contributed by atoms with Crippen molar-refractivity contribution >= 4 is 17.4 Å². The van der Waals surface area contributed by atoms with E-state index >= 15 is 0 Å². The van der Waals surface area contributed by atoms with Crippen molar-refractivity contribution in [1.29, 1.82) is 0 Å². The van der Waals surface area contributed by atoms with Crippen LogP contribution in [0.25, 0.3) is 0 Å². The third-order valence-corrected chi connectivity index (χ3v) is 5.56. The molecular weight excluding hydrogens is 240 g/mol. The summed E-state index contributed by atoms with van der Waals surface area (Å²) in [6.07, 6.45) is 4.18. The Morgan fingerprint density at radius 2 is 2.11 bits per heavy atom. The Hall–Kier alpha value is -0.670. The Bertz CT molecular complexity index is 433. The van der Waals surface area contributed by atoms with Crippen LogP contribution in [0, 0.1) is 0 Å². The van der Waals surface area contributed by atoms with E-state index in [1.165, 1.54) is 36.1 Å². The van der Waals surface area contributed by atoms with Crippen molar-refractivity contribution in [2.75, 3.05) is 11.5 Å². The van der Waals surface area contributed by atoms with Gasteiger partial charge in [0.1, 0.15) is 0 Å². The number of rotatable bonds is 3. The molecule has 2 N–H and O–H groups in total. The van der Waals surface area contributed by atoms with Gasteiger partial charge in [-0.15, -0.1) is 0 Å². The molecule has 1 aromatic carbocycles. The fourth-order valence-corrected chi connectivity index (χ4v) is 4.70. The van der Waals surface area contributed by atoms with Crippen molar-refractivity contribution in [3.8, 4) is 0 Å². The Morgan fingerprint density at radius 1 is 1.28 bits per heavy atom. The first-order chi connectivity index (χ1) is 8.78. The number of nitrogen functional groups attached to an aromatic ring is 1. The smallest absolute Gasteiger partial charge is 0.0317 e. The molecule has 1 heterocycles. The van der Waals surface area contributed by atoms with Crippen molar-refractivity contribution in [1.82, 2.24) is 4.90 Å². The second-order valence-electron chi connectivity index (χ2n) is 5.43. The maximum absolute atomic E-state index is 5.88. The van der Waals surface area contributed by atoms with Crippen LogP contribution in [-0.4, -0.2) is 21.9 Å². The monoisotopic (exact) mass is 262 g/mol. The van der Waals surface area contributed by atoms with E-state index in [2.05, 4.69) is 35.7 Å². The molecule has 0 bridgehead atoms. The molecule has 2 atom stereocenters. The number of nitrogens with zero attached hydrogens (tertiary/aromatic N) is 1. The van der Waals surface area contributed by atoms with Crippen molar-refractivity contribution in [3.05, 3.63) is 29.3 Å². The van der Waals surface area contributed by atoms with Gasteiger partial charge < -0.3 is 5.73 Å². The Morgan fingerprint density at radius 3 is 2.94 bits per heavy atom. The number of benzene rings is 1. The van der Waals surface area contributed by atoms with Gasteiger partial charge >= 0.3 is 0 Å². The van der Waals surface area contributed by atoms with Crippen LogP contribution in [-0.2, 0) is 13.1 Å². The van der Waals surface area contributed by atoms with Crippen molar-refractivity contribution in [3.63, 3.8) is 0 Å². The van der Waals surface area contributed by atoms with Gasteiger partial charge in [-0.25, -0.2) is 0 Å². The van der Waals surface area contributed by atoms with Crippen LogP contribution >= 0.6 is 11.8 Å². The van der Waals surface area contributed by atoms with Gasteiger partial charge in [-0.2, -0.15) is 11.8 Å². The SMILES string of the molecule is CCSC1CCCC1N1Cc2ccc(N)cc2C1. The predicted octanol–water partition coefficient (Wildman–Crippen LogP) is 3.26. The molecule has 2 unspecified atom stereocenters. The molecule has 18 heavy (non-hydrogen) atoms.